The zero-order valence-electron chi connectivity index (χ0n) is 19.0. The van der Waals surface area contributed by atoms with Crippen LogP contribution < -0.4 is 10.7 Å². The Kier molecular flexibility index (Phi) is 6.04. The van der Waals surface area contributed by atoms with E-state index in [-0.39, 0.29) is 28.8 Å². The van der Waals surface area contributed by atoms with Crippen LogP contribution in [0.25, 0.3) is 11.0 Å². The molecule has 0 bridgehead atoms. The molecule has 3 heterocycles. The number of aryl methyl sites for hydroxylation is 1. The van der Waals surface area contributed by atoms with Crippen molar-refractivity contribution in [2.24, 2.45) is 0 Å². The number of nitrogens with zero attached hydrogens (tertiary/aromatic N) is 1. The number of rotatable bonds is 5. The van der Waals surface area contributed by atoms with E-state index in [4.69, 9.17) is 9.15 Å². The van der Waals surface area contributed by atoms with Crippen LogP contribution in [0, 0.1) is 6.92 Å². The lowest BCUT2D eigenvalue weighted by Gasteiger charge is -2.39. The molecule has 1 unspecified atom stereocenters. The molecule has 2 aliphatic heterocycles. The number of carbonyl (C=O) groups is 1. The molecular weight excluding hydrogens is 416 g/mol. The van der Waals surface area contributed by atoms with Crippen molar-refractivity contribution < 1.29 is 13.9 Å². The molecule has 6 nitrogen and oxygen atoms in total. The van der Waals surface area contributed by atoms with Crippen LogP contribution in [0.3, 0.4) is 0 Å². The monoisotopic (exact) mass is 446 g/mol. The third-order valence-corrected chi connectivity index (χ3v) is 7.11. The lowest BCUT2D eigenvalue weighted by molar-refractivity contribution is -0.0764. The Balaban J connectivity index is 1.13. The van der Waals surface area contributed by atoms with Gasteiger partial charge in [0, 0.05) is 32.2 Å². The van der Waals surface area contributed by atoms with Gasteiger partial charge in [0.2, 0.25) is 0 Å². The van der Waals surface area contributed by atoms with Crippen LogP contribution in [-0.4, -0.2) is 42.1 Å². The summed E-state index contributed by atoms with van der Waals surface area (Å²) in [5, 5.41) is 3.37. The van der Waals surface area contributed by atoms with E-state index < -0.39 is 0 Å². The lowest BCUT2D eigenvalue weighted by Crippen LogP contribution is -2.45. The van der Waals surface area contributed by atoms with Gasteiger partial charge in [-0.1, -0.05) is 36.4 Å². The van der Waals surface area contributed by atoms with E-state index in [0.717, 1.165) is 45.3 Å². The highest BCUT2D eigenvalue weighted by Crippen LogP contribution is 2.39. The maximum absolute atomic E-state index is 12.6. The normalized spacial score (nSPS) is 20.3. The van der Waals surface area contributed by atoms with Gasteiger partial charge < -0.3 is 14.5 Å². The Morgan fingerprint density at radius 1 is 1.09 bits per heavy atom. The number of likely N-dealkylation sites (tertiary alicyclic amines) is 1. The minimum Gasteiger partial charge on any atom is -0.451 e. The molecule has 0 aliphatic carbocycles. The summed E-state index contributed by atoms with van der Waals surface area (Å²) in [6.45, 7) is 5.62. The smallest absolute Gasteiger partial charge is 0.287 e. The molecular formula is C27H30N2O4. The Morgan fingerprint density at radius 2 is 1.85 bits per heavy atom. The number of hydrogen-bond donors (Lipinski definition) is 1. The fourth-order valence-electron chi connectivity index (χ4n) is 5.06. The third kappa shape index (κ3) is 4.72. The van der Waals surface area contributed by atoms with Crippen LogP contribution in [0.1, 0.15) is 47.4 Å². The average Bonchev–Trinajstić information content (AvgIpc) is 3.23. The molecule has 6 heteroatoms. The molecule has 2 saturated heterocycles. The number of fused-ring (bicyclic) bond motifs is 1. The molecule has 33 heavy (non-hydrogen) atoms. The molecule has 3 aromatic rings. The van der Waals surface area contributed by atoms with Crippen LogP contribution >= 0.6 is 0 Å². The van der Waals surface area contributed by atoms with E-state index in [1.54, 1.807) is 24.3 Å². The van der Waals surface area contributed by atoms with Gasteiger partial charge in [0.25, 0.3) is 5.91 Å². The molecule has 2 aromatic carbocycles. The van der Waals surface area contributed by atoms with E-state index in [9.17, 15) is 9.59 Å². The van der Waals surface area contributed by atoms with Gasteiger partial charge in [-0.3, -0.25) is 14.5 Å². The molecule has 172 valence electrons. The van der Waals surface area contributed by atoms with Gasteiger partial charge in [0.1, 0.15) is 5.58 Å². The Labute approximate surface area is 193 Å². The molecule has 5 rings (SSSR count). The van der Waals surface area contributed by atoms with Crippen LogP contribution in [-0.2, 0) is 11.3 Å². The van der Waals surface area contributed by atoms with E-state index in [1.807, 2.05) is 0 Å². The second kappa shape index (κ2) is 9.12. The van der Waals surface area contributed by atoms with Crippen molar-refractivity contribution in [2.45, 2.75) is 50.9 Å². The molecule has 2 aliphatic rings. The van der Waals surface area contributed by atoms with Crippen molar-refractivity contribution in [3.8, 4) is 0 Å². The van der Waals surface area contributed by atoms with Gasteiger partial charge in [-0.15, -0.1) is 0 Å². The van der Waals surface area contributed by atoms with Crippen molar-refractivity contribution in [1.82, 2.24) is 10.2 Å². The Bertz CT molecular complexity index is 1210. The van der Waals surface area contributed by atoms with E-state index in [1.165, 1.54) is 17.2 Å². The fraction of sp³-hybridized carbons (Fsp3) is 0.407. The molecule has 1 atom stereocenters. The maximum atomic E-state index is 12.6. The highest BCUT2D eigenvalue weighted by atomic mass is 16.5. The SMILES string of the molecule is Cc1ccccc1CN1CCC2(CCC(CNC(=O)c3cc(=O)c4ccccc4o3)O2)CC1. The predicted octanol–water partition coefficient (Wildman–Crippen LogP) is 4.05. The zero-order chi connectivity index (χ0) is 22.8. The fourth-order valence-corrected chi connectivity index (χ4v) is 5.06. The molecule has 0 saturated carbocycles. The van der Waals surface area contributed by atoms with Gasteiger partial charge in [-0.25, -0.2) is 0 Å². The third-order valence-electron chi connectivity index (χ3n) is 7.11. The molecule has 1 aromatic heterocycles. The van der Waals surface area contributed by atoms with Gasteiger partial charge in [0.15, 0.2) is 11.2 Å². The second-order valence-corrected chi connectivity index (χ2v) is 9.35. The summed E-state index contributed by atoms with van der Waals surface area (Å²) in [5.74, 6) is -0.341. The maximum Gasteiger partial charge on any atom is 0.287 e. The van der Waals surface area contributed by atoms with Crippen LogP contribution in [0.15, 0.2) is 63.8 Å². The lowest BCUT2D eigenvalue weighted by atomic mass is 9.88. The Morgan fingerprint density at radius 3 is 2.67 bits per heavy atom. The summed E-state index contributed by atoms with van der Waals surface area (Å²) in [6.07, 6.45) is 3.98. The summed E-state index contributed by atoms with van der Waals surface area (Å²) in [5.41, 5.74) is 2.86. The standard InChI is InChI=1S/C27H30N2O4/c1-19-6-2-3-7-20(19)18-29-14-12-27(13-15-29)11-10-21(33-27)17-28-26(31)25-16-23(30)22-8-4-5-9-24(22)32-25/h2-9,16,21H,10-15,17-18H2,1H3,(H,28,31). The van der Waals surface area contributed by atoms with E-state index >= 15 is 0 Å². The average molecular weight is 447 g/mol. The van der Waals surface area contributed by atoms with Gasteiger partial charge in [0.05, 0.1) is 17.1 Å². The summed E-state index contributed by atoms with van der Waals surface area (Å²) < 4.78 is 12.1. The quantitative estimate of drug-likeness (QED) is 0.640. The molecule has 1 spiro atoms. The van der Waals surface area contributed by atoms with Crippen molar-refractivity contribution in [3.05, 3.63) is 81.7 Å². The Hall–Kier alpha value is -2.96. The van der Waals surface area contributed by atoms with E-state index in [0.29, 0.717) is 17.5 Å². The van der Waals surface area contributed by atoms with Gasteiger partial charge >= 0.3 is 0 Å². The summed E-state index contributed by atoms with van der Waals surface area (Å²) >= 11 is 0. The molecule has 1 amide bonds. The number of carbonyl (C=O) groups excluding carboxylic acids is 1. The molecule has 2 fully saturated rings. The topological polar surface area (TPSA) is 71.8 Å². The van der Waals surface area contributed by atoms with Crippen LogP contribution in [0.4, 0.5) is 0 Å². The zero-order valence-corrected chi connectivity index (χ0v) is 19.0. The first-order valence-electron chi connectivity index (χ1n) is 11.8. The van der Waals surface area contributed by atoms with Crippen molar-refractivity contribution >= 4 is 16.9 Å². The van der Waals surface area contributed by atoms with Crippen molar-refractivity contribution in [3.63, 3.8) is 0 Å². The number of ether oxygens (including phenoxy) is 1. The van der Waals surface area contributed by atoms with Gasteiger partial charge in [-0.05, 0) is 55.9 Å². The number of nitrogens with one attached hydrogen (secondary N) is 1. The number of piperidine rings is 1. The van der Waals surface area contributed by atoms with Crippen LogP contribution in [0.2, 0.25) is 0 Å². The number of amides is 1. The van der Waals surface area contributed by atoms with Crippen molar-refractivity contribution in [2.75, 3.05) is 19.6 Å². The first-order chi connectivity index (χ1) is 16.0. The van der Waals surface area contributed by atoms with Crippen molar-refractivity contribution in [1.29, 1.82) is 0 Å². The number of para-hydroxylation sites is 1. The minimum absolute atomic E-state index is 0.0101. The summed E-state index contributed by atoms with van der Waals surface area (Å²) in [4.78, 5) is 27.4. The highest BCUT2D eigenvalue weighted by Gasteiger charge is 2.42. The second-order valence-electron chi connectivity index (χ2n) is 9.35. The minimum atomic E-state index is -0.379. The number of benzene rings is 2. The largest absolute Gasteiger partial charge is 0.451 e. The molecule has 0 radical (unpaired) electrons. The first-order valence-corrected chi connectivity index (χ1v) is 11.8. The summed E-state index contributed by atoms with van der Waals surface area (Å²) in [7, 11) is 0. The predicted molar refractivity (Wildman–Crippen MR) is 127 cm³/mol. The first kappa shape index (κ1) is 21.9. The summed E-state index contributed by atoms with van der Waals surface area (Å²) in [6, 6.07) is 16.8. The van der Waals surface area contributed by atoms with Gasteiger partial charge in [-0.2, -0.15) is 0 Å². The van der Waals surface area contributed by atoms with E-state index in [2.05, 4.69) is 41.4 Å². The number of hydrogen-bond acceptors (Lipinski definition) is 5. The van der Waals surface area contributed by atoms with Crippen LogP contribution in [0.5, 0.6) is 0 Å². The molecule has 1 N–H and O–H groups in total. The highest BCUT2D eigenvalue weighted by molar-refractivity contribution is 5.93.